The van der Waals surface area contributed by atoms with Crippen LogP contribution in [0.4, 0.5) is 5.69 Å². The summed E-state index contributed by atoms with van der Waals surface area (Å²) in [5.74, 6) is -0.473. The molecule has 0 saturated carbocycles. The molecule has 322 valence electrons. The van der Waals surface area contributed by atoms with E-state index in [2.05, 4.69) is 124 Å². The van der Waals surface area contributed by atoms with Gasteiger partial charge in [-0.1, -0.05) is 133 Å². The van der Waals surface area contributed by atoms with Gasteiger partial charge in [0.2, 0.25) is 5.69 Å². The monoisotopic (exact) mass is 892 g/mol. The topological polar surface area (TPSA) is 77.4 Å². The van der Waals surface area contributed by atoms with Crippen molar-refractivity contribution >= 4 is 115 Å². The fourth-order valence-electron chi connectivity index (χ4n) is 12.3. The van der Waals surface area contributed by atoms with E-state index in [1.54, 1.807) is 0 Å². The van der Waals surface area contributed by atoms with E-state index in [1.165, 1.54) is 0 Å². The molecule has 5 aromatic heterocycles. The SMILES string of the molecule is [C-]#[N+]c1c(C2c3ccccc3-c3ccc4c(oc5ccccc54)c32)cc(C#N)c(-n2c3ccccc3c3ccc4c5ccccc5oc4c32)c1-n1c2ccccc2c2ccc3c4ccccc4oc3c21. The molecule has 1 unspecified atom stereocenters. The van der Waals surface area contributed by atoms with Gasteiger partial charge in [-0.15, -0.1) is 0 Å². The summed E-state index contributed by atoms with van der Waals surface area (Å²) in [6.45, 7) is 9.61. The van der Waals surface area contributed by atoms with Crippen LogP contribution in [0.5, 0.6) is 0 Å². The average Bonchev–Trinajstić information content (AvgIpc) is 4.27. The van der Waals surface area contributed by atoms with Gasteiger partial charge in [0.1, 0.15) is 28.4 Å². The molecule has 0 fully saturated rings. The highest BCUT2D eigenvalue weighted by atomic mass is 16.3. The second-order valence-electron chi connectivity index (χ2n) is 18.4. The highest BCUT2D eigenvalue weighted by Gasteiger charge is 2.38. The Hall–Kier alpha value is -9.82. The van der Waals surface area contributed by atoms with Gasteiger partial charge in [-0.2, -0.15) is 5.26 Å². The minimum absolute atomic E-state index is 0.401. The molecule has 70 heavy (non-hydrogen) atoms. The Balaban J connectivity index is 1.15. The van der Waals surface area contributed by atoms with E-state index in [1.807, 2.05) is 78.9 Å². The first-order valence-corrected chi connectivity index (χ1v) is 23.4. The molecular weight excluding hydrogens is 861 g/mol. The summed E-state index contributed by atoms with van der Waals surface area (Å²) in [5.41, 5.74) is 14.7. The molecule has 0 amide bonds. The van der Waals surface area contributed by atoms with Crippen LogP contribution in [-0.2, 0) is 0 Å². The lowest BCUT2D eigenvalue weighted by Crippen LogP contribution is -2.10. The largest absolute Gasteiger partial charge is 0.456 e. The van der Waals surface area contributed by atoms with E-state index in [4.69, 9.17) is 18.1 Å². The molecule has 15 aromatic rings. The molecule has 0 aliphatic heterocycles. The van der Waals surface area contributed by atoms with Crippen LogP contribution >= 0.6 is 0 Å². The molecule has 1 atom stereocenters. The fraction of sp³-hybridized carbons (Fsp3) is 0.0159. The number of fused-ring (bicyclic) bond motifs is 21. The van der Waals surface area contributed by atoms with Gasteiger partial charge in [-0.3, -0.25) is 0 Å². The van der Waals surface area contributed by atoms with Crippen LogP contribution in [0.1, 0.15) is 28.2 Å². The molecule has 7 nitrogen and oxygen atoms in total. The molecule has 16 rings (SSSR count). The maximum atomic E-state index is 12.0. The Morgan fingerprint density at radius 1 is 0.429 bits per heavy atom. The first-order valence-electron chi connectivity index (χ1n) is 23.4. The first kappa shape index (κ1) is 37.3. The summed E-state index contributed by atoms with van der Waals surface area (Å²) < 4.78 is 25.1. The molecule has 10 aromatic carbocycles. The van der Waals surface area contributed by atoms with Crippen LogP contribution in [0.3, 0.4) is 0 Å². The van der Waals surface area contributed by atoms with Crippen molar-refractivity contribution in [3.05, 3.63) is 222 Å². The van der Waals surface area contributed by atoms with Gasteiger partial charge in [0.25, 0.3) is 0 Å². The summed E-state index contributed by atoms with van der Waals surface area (Å²) in [4.78, 5) is 4.70. The number of hydrogen-bond donors (Lipinski definition) is 0. The van der Waals surface area contributed by atoms with Gasteiger partial charge in [0.15, 0.2) is 11.2 Å². The van der Waals surface area contributed by atoms with E-state index < -0.39 is 5.92 Å². The van der Waals surface area contributed by atoms with E-state index in [9.17, 15) is 11.8 Å². The Bertz CT molecular complexity index is 4940. The summed E-state index contributed by atoms with van der Waals surface area (Å²) in [7, 11) is 0. The smallest absolute Gasteiger partial charge is 0.216 e. The number of rotatable bonds is 3. The zero-order valence-electron chi connectivity index (χ0n) is 37.0. The number of para-hydroxylation sites is 5. The van der Waals surface area contributed by atoms with Crippen LogP contribution < -0.4 is 0 Å². The van der Waals surface area contributed by atoms with Crippen molar-refractivity contribution in [2.45, 2.75) is 5.92 Å². The van der Waals surface area contributed by atoms with E-state index >= 15 is 0 Å². The molecule has 7 heteroatoms. The molecule has 0 spiro atoms. The molecule has 0 radical (unpaired) electrons. The standard InChI is InChI=1S/C63H32N4O3/c1-65-56-48(54-41-20-3-2-14-35(41)42-26-29-45-38-17-6-11-23-51(38)68-61(45)55(42)54)32-34(33-64)57(66-49-21-9-4-15-36(49)43-27-30-46-39-18-7-12-24-52(39)69-62(46)58(43)66)60(56)67-50-22-10-5-16-37(50)44-28-31-47-40-19-8-13-25-53(40)70-63(47)59(44)67/h2-32,54H. The molecule has 0 saturated heterocycles. The molecule has 1 aliphatic rings. The average molecular weight is 893 g/mol. The number of benzene rings is 10. The summed E-state index contributed by atoms with van der Waals surface area (Å²) in [6.07, 6.45) is 0. The third kappa shape index (κ3) is 4.61. The molecule has 0 bridgehead atoms. The Kier molecular flexibility index (Phi) is 7.15. The first-order chi connectivity index (χ1) is 34.7. The van der Waals surface area contributed by atoms with Gasteiger partial charge in [0.05, 0.1) is 45.6 Å². The summed E-state index contributed by atoms with van der Waals surface area (Å²) >= 11 is 0. The van der Waals surface area contributed by atoms with Gasteiger partial charge in [-0.25, -0.2) is 4.85 Å². The predicted octanol–water partition coefficient (Wildman–Crippen LogP) is 17.2. The van der Waals surface area contributed by atoms with E-state index in [-0.39, 0.29) is 0 Å². The fourth-order valence-corrected chi connectivity index (χ4v) is 12.3. The number of aromatic nitrogens is 2. The van der Waals surface area contributed by atoms with Crippen LogP contribution in [0.15, 0.2) is 201 Å². The zero-order chi connectivity index (χ0) is 45.9. The minimum atomic E-state index is -0.473. The zero-order valence-corrected chi connectivity index (χ0v) is 37.0. The van der Waals surface area contributed by atoms with Crippen molar-refractivity contribution < 1.29 is 13.3 Å². The lowest BCUT2D eigenvalue weighted by molar-refractivity contribution is 0.662. The molecule has 1 aliphatic carbocycles. The van der Waals surface area contributed by atoms with Crippen molar-refractivity contribution in [1.29, 1.82) is 5.26 Å². The number of nitriles is 1. The Morgan fingerprint density at radius 2 is 0.886 bits per heavy atom. The molecule has 0 N–H and O–H groups in total. The van der Waals surface area contributed by atoms with Crippen molar-refractivity contribution in [1.82, 2.24) is 9.13 Å². The van der Waals surface area contributed by atoms with Crippen LogP contribution in [-0.4, -0.2) is 9.13 Å². The summed E-state index contributed by atoms with van der Waals surface area (Å²) in [5, 5.41) is 21.9. The normalized spacial score (nSPS) is 13.5. The van der Waals surface area contributed by atoms with Crippen molar-refractivity contribution in [3.8, 4) is 28.6 Å². The Morgan fingerprint density at radius 3 is 1.46 bits per heavy atom. The predicted molar refractivity (Wildman–Crippen MR) is 281 cm³/mol. The Labute approximate surface area is 397 Å². The number of hydrogen-bond acceptors (Lipinski definition) is 4. The number of nitrogens with zero attached hydrogens (tertiary/aromatic N) is 4. The third-order valence-electron chi connectivity index (χ3n) is 15.1. The van der Waals surface area contributed by atoms with E-state index in [0.717, 1.165) is 121 Å². The summed E-state index contributed by atoms with van der Waals surface area (Å²) in [6, 6.07) is 67.2. The van der Waals surface area contributed by atoms with E-state index in [0.29, 0.717) is 39.4 Å². The number of furan rings is 3. The third-order valence-corrected chi connectivity index (χ3v) is 15.1. The maximum Gasteiger partial charge on any atom is 0.216 e. The van der Waals surface area contributed by atoms with Crippen LogP contribution in [0.2, 0.25) is 0 Å². The van der Waals surface area contributed by atoms with Crippen molar-refractivity contribution in [2.24, 2.45) is 0 Å². The second kappa shape index (κ2) is 13.4. The van der Waals surface area contributed by atoms with Crippen LogP contribution in [0, 0.1) is 17.9 Å². The highest BCUT2D eigenvalue weighted by Crippen LogP contribution is 2.57. The van der Waals surface area contributed by atoms with Gasteiger partial charge in [0, 0.05) is 65.3 Å². The minimum Gasteiger partial charge on any atom is -0.456 e. The lowest BCUT2D eigenvalue weighted by Gasteiger charge is -2.24. The molecule has 5 heterocycles. The quantitative estimate of drug-likeness (QED) is 0.166. The van der Waals surface area contributed by atoms with Crippen molar-refractivity contribution in [3.63, 3.8) is 0 Å². The highest BCUT2D eigenvalue weighted by molar-refractivity contribution is 6.24. The van der Waals surface area contributed by atoms with Gasteiger partial charge < -0.3 is 22.4 Å². The maximum absolute atomic E-state index is 12.0. The second-order valence-corrected chi connectivity index (χ2v) is 18.4. The van der Waals surface area contributed by atoms with Gasteiger partial charge in [-0.05, 0) is 76.9 Å². The lowest BCUT2D eigenvalue weighted by atomic mass is 9.85. The van der Waals surface area contributed by atoms with Crippen molar-refractivity contribution in [2.75, 3.05) is 0 Å². The van der Waals surface area contributed by atoms with Gasteiger partial charge >= 0.3 is 0 Å². The molecular formula is C63H32N4O3. The van der Waals surface area contributed by atoms with Crippen LogP contribution in [0.25, 0.3) is 137 Å².